The van der Waals surface area contributed by atoms with Crippen molar-refractivity contribution in [2.45, 2.75) is 19.6 Å². The Kier molecular flexibility index (Phi) is 7.15. The molecule has 1 aliphatic heterocycles. The Morgan fingerprint density at radius 2 is 1.93 bits per heavy atom. The maximum Gasteiger partial charge on any atom is 0.387 e. The number of benzene rings is 2. The molecular formula is C21H20BrF2NO5. The van der Waals surface area contributed by atoms with Crippen LogP contribution < -0.4 is 24.3 Å². The van der Waals surface area contributed by atoms with Crippen LogP contribution in [0.25, 0.3) is 6.08 Å². The lowest BCUT2D eigenvalue weighted by atomic mass is 10.1. The number of hydrogen-bond acceptors (Lipinski definition) is 5. The molecule has 0 bridgehead atoms. The highest BCUT2D eigenvalue weighted by Crippen LogP contribution is 2.38. The molecule has 3 rings (SSSR count). The highest BCUT2D eigenvalue weighted by atomic mass is 79.9. The van der Waals surface area contributed by atoms with Crippen LogP contribution in [0, 0.1) is 0 Å². The lowest BCUT2D eigenvalue weighted by Crippen LogP contribution is -2.25. The SMILES string of the molecule is COc1cccc(C=CC(=O)NC(C)c2cc3c(cc2Br)OCCO3)c1OC(F)F. The molecule has 0 saturated carbocycles. The van der Waals surface area contributed by atoms with Crippen LogP contribution in [-0.2, 0) is 4.79 Å². The number of halogens is 3. The molecule has 1 atom stereocenters. The molecule has 1 amide bonds. The quantitative estimate of drug-likeness (QED) is 0.577. The number of para-hydroxylation sites is 1. The summed E-state index contributed by atoms with van der Waals surface area (Å²) in [5.74, 6) is 0.851. The second-order valence-corrected chi connectivity index (χ2v) is 7.19. The number of hydrogen-bond donors (Lipinski definition) is 1. The number of fused-ring (bicyclic) bond motifs is 1. The molecule has 0 fully saturated rings. The molecule has 160 valence electrons. The van der Waals surface area contributed by atoms with Crippen molar-refractivity contribution >= 4 is 27.9 Å². The fraction of sp³-hybridized carbons (Fsp3) is 0.286. The molecule has 0 radical (unpaired) electrons. The number of carbonyl (C=O) groups is 1. The van der Waals surface area contributed by atoms with E-state index in [1.807, 2.05) is 13.0 Å². The summed E-state index contributed by atoms with van der Waals surface area (Å²) in [5, 5.41) is 2.83. The monoisotopic (exact) mass is 483 g/mol. The van der Waals surface area contributed by atoms with Gasteiger partial charge in [0.05, 0.1) is 13.2 Å². The maximum absolute atomic E-state index is 12.7. The predicted octanol–water partition coefficient (Wildman–Crippen LogP) is 4.72. The van der Waals surface area contributed by atoms with Crippen LogP contribution >= 0.6 is 15.9 Å². The summed E-state index contributed by atoms with van der Waals surface area (Å²) in [4.78, 5) is 12.4. The number of amides is 1. The second kappa shape index (κ2) is 9.80. The molecular weight excluding hydrogens is 464 g/mol. The number of methoxy groups -OCH3 is 1. The minimum absolute atomic E-state index is 0.137. The largest absolute Gasteiger partial charge is 0.493 e. The summed E-state index contributed by atoms with van der Waals surface area (Å²) in [6, 6.07) is 7.91. The van der Waals surface area contributed by atoms with Crippen molar-refractivity contribution in [2.24, 2.45) is 0 Å². The van der Waals surface area contributed by atoms with Gasteiger partial charge < -0.3 is 24.3 Å². The van der Waals surface area contributed by atoms with Crippen molar-refractivity contribution in [3.8, 4) is 23.0 Å². The highest BCUT2D eigenvalue weighted by molar-refractivity contribution is 9.10. The van der Waals surface area contributed by atoms with Gasteiger partial charge in [0.25, 0.3) is 0 Å². The Morgan fingerprint density at radius 3 is 2.60 bits per heavy atom. The van der Waals surface area contributed by atoms with Crippen molar-refractivity contribution in [3.63, 3.8) is 0 Å². The van der Waals surface area contributed by atoms with Gasteiger partial charge in [0.1, 0.15) is 13.2 Å². The number of nitrogens with one attached hydrogen (secondary N) is 1. The molecule has 1 N–H and O–H groups in total. The van der Waals surface area contributed by atoms with Gasteiger partial charge in [-0.25, -0.2) is 0 Å². The normalized spacial score (nSPS) is 13.9. The van der Waals surface area contributed by atoms with Gasteiger partial charge in [0.15, 0.2) is 23.0 Å². The first-order chi connectivity index (χ1) is 14.4. The molecule has 0 saturated heterocycles. The van der Waals surface area contributed by atoms with E-state index in [-0.39, 0.29) is 23.1 Å². The van der Waals surface area contributed by atoms with E-state index in [9.17, 15) is 13.6 Å². The molecule has 6 nitrogen and oxygen atoms in total. The summed E-state index contributed by atoms with van der Waals surface area (Å²) in [7, 11) is 1.35. The van der Waals surface area contributed by atoms with Gasteiger partial charge in [0, 0.05) is 16.1 Å². The van der Waals surface area contributed by atoms with E-state index in [4.69, 9.17) is 14.2 Å². The fourth-order valence-corrected chi connectivity index (χ4v) is 3.62. The van der Waals surface area contributed by atoms with Gasteiger partial charge in [0.2, 0.25) is 5.91 Å². The minimum Gasteiger partial charge on any atom is -0.493 e. The van der Waals surface area contributed by atoms with Gasteiger partial charge in [-0.3, -0.25) is 4.79 Å². The van der Waals surface area contributed by atoms with E-state index < -0.39 is 12.5 Å². The van der Waals surface area contributed by atoms with Crippen molar-refractivity contribution in [2.75, 3.05) is 20.3 Å². The standard InChI is InChI=1S/C21H20BrF2NO5/c1-12(14-10-17-18(11-15(14)22)29-9-8-28-17)25-19(26)7-6-13-4-3-5-16(27-2)20(13)30-21(23)24/h3-7,10-12,21H,8-9H2,1-2H3,(H,25,26). The molecule has 1 unspecified atom stereocenters. The third-order valence-electron chi connectivity index (χ3n) is 4.34. The van der Waals surface area contributed by atoms with E-state index in [1.165, 1.54) is 25.3 Å². The van der Waals surface area contributed by atoms with E-state index in [1.54, 1.807) is 18.2 Å². The smallest absolute Gasteiger partial charge is 0.387 e. The van der Waals surface area contributed by atoms with Crippen LogP contribution in [-0.4, -0.2) is 32.8 Å². The Bertz CT molecular complexity index is 951. The zero-order valence-electron chi connectivity index (χ0n) is 16.3. The zero-order valence-corrected chi connectivity index (χ0v) is 17.9. The molecule has 2 aromatic carbocycles. The number of rotatable bonds is 7. The molecule has 0 spiro atoms. The summed E-state index contributed by atoms with van der Waals surface area (Å²) >= 11 is 3.48. The average molecular weight is 484 g/mol. The summed E-state index contributed by atoms with van der Waals surface area (Å²) in [6.45, 7) is -0.257. The van der Waals surface area contributed by atoms with Gasteiger partial charge in [-0.05, 0) is 36.8 Å². The predicted molar refractivity (Wildman–Crippen MR) is 110 cm³/mol. The number of ether oxygens (including phenoxy) is 4. The van der Waals surface area contributed by atoms with E-state index in [0.29, 0.717) is 24.7 Å². The first-order valence-electron chi connectivity index (χ1n) is 9.08. The van der Waals surface area contributed by atoms with Gasteiger partial charge in [-0.2, -0.15) is 8.78 Å². The minimum atomic E-state index is -3.02. The van der Waals surface area contributed by atoms with E-state index >= 15 is 0 Å². The van der Waals surface area contributed by atoms with Crippen molar-refractivity contribution < 1.29 is 32.5 Å². The third kappa shape index (κ3) is 5.21. The van der Waals surface area contributed by atoms with E-state index in [2.05, 4.69) is 26.0 Å². The van der Waals surface area contributed by atoms with E-state index in [0.717, 1.165) is 10.0 Å². The van der Waals surface area contributed by atoms with Crippen LogP contribution in [0.5, 0.6) is 23.0 Å². The lowest BCUT2D eigenvalue weighted by Gasteiger charge is -2.22. The molecule has 30 heavy (non-hydrogen) atoms. The summed E-state index contributed by atoms with van der Waals surface area (Å²) in [6.07, 6.45) is 2.64. The first kappa shape index (κ1) is 21.9. The third-order valence-corrected chi connectivity index (χ3v) is 5.02. The molecule has 0 aliphatic carbocycles. The summed E-state index contributed by atoms with van der Waals surface area (Å²) < 4.78 is 46.9. The molecule has 2 aromatic rings. The lowest BCUT2D eigenvalue weighted by molar-refractivity contribution is -0.117. The van der Waals surface area contributed by atoms with Gasteiger partial charge in [-0.1, -0.05) is 28.1 Å². The molecule has 0 aromatic heterocycles. The number of carbonyl (C=O) groups excluding carboxylic acids is 1. The van der Waals surface area contributed by atoms with Crippen LogP contribution in [0.4, 0.5) is 8.78 Å². The molecule has 1 heterocycles. The highest BCUT2D eigenvalue weighted by Gasteiger charge is 2.19. The van der Waals surface area contributed by atoms with Crippen LogP contribution in [0.3, 0.4) is 0 Å². The molecule has 9 heteroatoms. The van der Waals surface area contributed by atoms with Crippen LogP contribution in [0.1, 0.15) is 24.1 Å². The Morgan fingerprint density at radius 1 is 1.23 bits per heavy atom. The Hall–Kier alpha value is -2.81. The van der Waals surface area contributed by atoms with Crippen molar-refractivity contribution in [1.82, 2.24) is 5.32 Å². The second-order valence-electron chi connectivity index (χ2n) is 6.34. The van der Waals surface area contributed by atoms with Crippen LogP contribution in [0.15, 0.2) is 40.9 Å². The zero-order chi connectivity index (χ0) is 21.7. The molecule has 1 aliphatic rings. The topological polar surface area (TPSA) is 66.0 Å². The Labute approximate surface area is 180 Å². The van der Waals surface area contributed by atoms with Crippen LogP contribution in [0.2, 0.25) is 0 Å². The van der Waals surface area contributed by atoms with Gasteiger partial charge in [-0.15, -0.1) is 0 Å². The summed E-state index contributed by atoms with van der Waals surface area (Å²) in [5.41, 5.74) is 1.10. The number of alkyl halides is 2. The average Bonchev–Trinajstić information content (AvgIpc) is 2.71. The maximum atomic E-state index is 12.7. The first-order valence-corrected chi connectivity index (χ1v) is 9.87. The van der Waals surface area contributed by atoms with Crippen molar-refractivity contribution in [3.05, 3.63) is 52.0 Å². The van der Waals surface area contributed by atoms with Gasteiger partial charge >= 0.3 is 6.61 Å². The Balaban J connectivity index is 1.74. The van der Waals surface area contributed by atoms with Crippen molar-refractivity contribution in [1.29, 1.82) is 0 Å². The fourth-order valence-electron chi connectivity index (χ4n) is 2.96.